The molecule has 0 unspecified atom stereocenters. The predicted octanol–water partition coefficient (Wildman–Crippen LogP) is 7.20. The van der Waals surface area contributed by atoms with Gasteiger partial charge in [-0.1, -0.05) is 12.1 Å². The molecule has 0 fully saturated rings. The lowest BCUT2D eigenvalue weighted by Crippen LogP contribution is -1.84. The summed E-state index contributed by atoms with van der Waals surface area (Å²) in [6, 6.07) is 21.1. The molecule has 5 heterocycles. The number of H-pyrrole nitrogens is 1. The van der Waals surface area contributed by atoms with Crippen LogP contribution < -0.4 is 0 Å². The first-order chi connectivity index (χ1) is 15.2. The summed E-state index contributed by atoms with van der Waals surface area (Å²) in [4.78, 5) is 13.0. The SMILES string of the molecule is Fc1ccc(-c2c3nc(cc4nc(cc5ccc(cc6ccc2s6)[nH]5)C=C4)C=C3)cc1. The standard InChI is InChI=1S/C26H16FN3S/c27-17-3-1-16(2-4-17)26-24-11-9-21(30-24)14-20-6-5-18(28-20)13-19-7-8-22(29-19)15-23-10-12-25(26)31-23/h1-15,29H. The summed E-state index contributed by atoms with van der Waals surface area (Å²) in [6.45, 7) is 0. The van der Waals surface area contributed by atoms with Crippen molar-refractivity contribution < 1.29 is 4.39 Å². The van der Waals surface area contributed by atoms with Gasteiger partial charge in [-0.05, 0) is 84.5 Å². The van der Waals surface area contributed by atoms with Crippen LogP contribution in [0.15, 0.2) is 66.7 Å². The van der Waals surface area contributed by atoms with Crippen molar-refractivity contribution in [2.75, 3.05) is 0 Å². The van der Waals surface area contributed by atoms with Crippen LogP contribution in [0.4, 0.5) is 4.39 Å². The average molecular weight is 422 g/mol. The molecule has 2 aliphatic heterocycles. The molecule has 1 N–H and O–H groups in total. The fourth-order valence-electron chi connectivity index (χ4n) is 3.81. The Labute approximate surface area is 181 Å². The van der Waals surface area contributed by atoms with Gasteiger partial charge in [0.05, 0.1) is 22.8 Å². The molecule has 6 rings (SSSR count). The van der Waals surface area contributed by atoms with Gasteiger partial charge in [-0.2, -0.15) is 0 Å². The van der Waals surface area contributed by atoms with E-state index < -0.39 is 0 Å². The second kappa shape index (κ2) is 7.15. The fourth-order valence-corrected chi connectivity index (χ4v) is 4.85. The van der Waals surface area contributed by atoms with Crippen molar-refractivity contribution in [3.05, 3.63) is 95.3 Å². The summed E-state index contributed by atoms with van der Waals surface area (Å²) in [5.74, 6) is -0.250. The lowest BCUT2D eigenvalue weighted by atomic mass is 10.0. The van der Waals surface area contributed by atoms with Crippen LogP contribution in [-0.4, -0.2) is 15.0 Å². The third-order valence-corrected chi connectivity index (χ3v) is 6.28. The molecule has 0 aliphatic carbocycles. The molecule has 148 valence electrons. The molecule has 31 heavy (non-hydrogen) atoms. The lowest BCUT2D eigenvalue weighted by Gasteiger charge is -2.03. The zero-order valence-corrected chi connectivity index (χ0v) is 17.2. The zero-order valence-electron chi connectivity index (χ0n) is 16.3. The number of nitrogens with one attached hydrogen (secondary N) is 1. The third-order valence-electron chi connectivity index (χ3n) is 5.23. The maximum absolute atomic E-state index is 13.6. The normalized spacial score (nSPS) is 12.4. The first kappa shape index (κ1) is 18.0. The van der Waals surface area contributed by atoms with Crippen molar-refractivity contribution in [1.29, 1.82) is 0 Å². The van der Waals surface area contributed by atoms with Gasteiger partial charge < -0.3 is 4.98 Å². The van der Waals surface area contributed by atoms with Gasteiger partial charge in [0.25, 0.3) is 0 Å². The van der Waals surface area contributed by atoms with Crippen LogP contribution in [0.5, 0.6) is 0 Å². The number of benzene rings is 1. The minimum atomic E-state index is -0.250. The van der Waals surface area contributed by atoms with Gasteiger partial charge in [-0.15, -0.1) is 11.3 Å². The van der Waals surface area contributed by atoms with E-state index in [0.717, 1.165) is 54.3 Å². The van der Waals surface area contributed by atoms with Crippen LogP contribution in [0.25, 0.3) is 55.9 Å². The lowest BCUT2D eigenvalue weighted by molar-refractivity contribution is 0.628. The maximum Gasteiger partial charge on any atom is 0.123 e. The van der Waals surface area contributed by atoms with Gasteiger partial charge in [-0.3, -0.25) is 0 Å². The third kappa shape index (κ3) is 3.49. The van der Waals surface area contributed by atoms with Crippen molar-refractivity contribution in [2.45, 2.75) is 0 Å². The van der Waals surface area contributed by atoms with Crippen LogP contribution in [-0.2, 0) is 0 Å². The molecule has 0 saturated carbocycles. The summed E-state index contributed by atoms with van der Waals surface area (Å²) in [7, 11) is 0. The quantitative estimate of drug-likeness (QED) is 0.305. The van der Waals surface area contributed by atoms with E-state index >= 15 is 0 Å². The average Bonchev–Trinajstić information content (AvgIpc) is 3.55. The molecule has 1 aromatic carbocycles. The van der Waals surface area contributed by atoms with Crippen LogP contribution in [0.2, 0.25) is 0 Å². The van der Waals surface area contributed by atoms with E-state index in [9.17, 15) is 4.39 Å². The summed E-state index contributed by atoms with van der Waals surface area (Å²) < 4.78 is 15.8. The van der Waals surface area contributed by atoms with Gasteiger partial charge in [0.15, 0.2) is 0 Å². The number of fused-ring (bicyclic) bond motifs is 8. The smallest absolute Gasteiger partial charge is 0.123 e. The Kier molecular flexibility index (Phi) is 4.14. The molecule has 8 bridgehead atoms. The second-order valence-corrected chi connectivity index (χ2v) is 8.55. The highest BCUT2D eigenvalue weighted by Crippen LogP contribution is 2.34. The van der Waals surface area contributed by atoms with Gasteiger partial charge >= 0.3 is 0 Å². The topological polar surface area (TPSA) is 41.6 Å². The molecular formula is C26H16FN3S. The van der Waals surface area contributed by atoms with Gasteiger partial charge in [0, 0.05) is 26.0 Å². The summed E-state index contributed by atoms with van der Waals surface area (Å²) >= 11 is 1.69. The van der Waals surface area contributed by atoms with E-state index in [2.05, 4.69) is 40.3 Å². The molecule has 0 spiro atoms. The number of aromatic nitrogens is 3. The highest BCUT2D eigenvalue weighted by atomic mass is 32.1. The fraction of sp³-hybridized carbons (Fsp3) is 0. The van der Waals surface area contributed by atoms with E-state index in [1.807, 2.05) is 48.6 Å². The Hall–Kier alpha value is -3.83. The van der Waals surface area contributed by atoms with Gasteiger partial charge in [0.1, 0.15) is 5.82 Å². The number of nitrogens with zero attached hydrogens (tertiary/aromatic N) is 2. The van der Waals surface area contributed by atoms with Crippen molar-refractivity contribution >= 4 is 56.1 Å². The minimum absolute atomic E-state index is 0.250. The van der Waals surface area contributed by atoms with Crippen molar-refractivity contribution in [2.24, 2.45) is 0 Å². The highest BCUT2D eigenvalue weighted by Gasteiger charge is 2.11. The molecule has 3 aromatic heterocycles. The van der Waals surface area contributed by atoms with E-state index in [0.29, 0.717) is 0 Å². The molecule has 4 aromatic rings. The van der Waals surface area contributed by atoms with Crippen molar-refractivity contribution in [3.63, 3.8) is 0 Å². The zero-order chi connectivity index (χ0) is 20.8. The molecule has 0 atom stereocenters. The molecule has 0 radical (unpaired) electrons. The van der Waals surface area contributed by atoms with E-state index in [1.165, 1.54) is 12.1 Å². The number of halogens is 1. The predicted molar refractivity (Wildman–Crippen MR) is 128 cm³/mol. The Morgan fingerprint density at radius 2 is 1.39 bits per heavy atom. The summed E-state index contributed by atoms with van der Waals surface area (Å²) in [5.41, 5.74) is 7.43. The van der Waals surface area contributed by atoms with Crippen LogP contribution in [0.3, 0.4) is 0 Å². The Balaban J connectivity index is 1.71. The first-order valence-corrected chi connectivity index (χ1v) is 10.8. The molecule has 0 amide bonds. The number of thiophene rings is 1. The van der Waals surface area contributed by atoms with E-state index in [1.54, 1.807) is 11.3 Å². The van der Waals surface area contributed by atoms with Crippen molar-refractivity contribution in [1.82, 2.24) is 15.0 Å². The number of rotatable bonds is 1. The highest BCUT2D eigenvalue weighted by molar-refractivity contribution is 7.23. The minimum Gasteiger partial charge on any atom is -0.355 e. The number of hydrogen-bond donors (Lipinski definition) is 1. The van der Waals surface area contributed by atoms with Gasteiger partial charge in [-0.25, -0.2) is 14.4 Å². The first-order valence-electron chi connectivity index (χ1n) is 9.94. The Bertz CT molecular complexity index is 1540. The number of aromatic amines is 1. The van der Waals surface area contributed by atoms with E-state index in [4.69, 9.17) is 4.98 Å². The van der Waals surface area contributed by atoms with Gasteiger partial charge in [0.2, 0.25) is 0 Å². The largest absolute Gasteiger partial charge is 0.355 e. The van der Waals surface area contributed by atoms with Crippen LogP contribution in [0.1, 0.15) is 22.8 Å². The summed E-state index contributed by atoms with van der Waals surface area (Å²) in [5, 5.41) is 0. The maximum atomic E-state index is 13.6. The van der Waals surface area contributed by atoms with E-state index in [-0.39, 0.29) is 5.82 Å². The Morgan fingerprint density at radius 1 is 0.677 bits per heavy atom. The molecule has 5 heteroatoms. The Morgan fingerprint density at radius 3 is 2.23 bits per heavy atom. The number of hydrogen-bond acceptors (Lipinski definition) is 3. The monoisotopic (exact) mass is 421 g/mol. The van der Waals surface area contributed by atoms with Crippen LogP contribution in [0, 0.1) is 5.82 Å². The molecule has 2 aliphatic rings. The van der Waals surface area contributed by atoms with Crippen molar-refractivity contribution in [3.8, 4) is 11.1 Å². The molecule has 3 nitrogen and oxygen atoms in total. The molecular weight excluding hydrogens is 405 g/mol. The van der Waals surface area contributed by atoms with Crippen LogP contribution >= 0.6 is 11.3 Å². The molecule has 0 saturated heterocycles. The summed E-state index contributed by atoms with van der Waals surface area (Å²) in [6.07, 6.45) is 7.99. The second-order valence-electron chi connectivity index (χ2n) is 7.44.